The number of nitrogens with one attached hydrogen (secondary N) is 1. The Kier molecular flexibility index (Phi) is 4.07. The van der Waals surface area contributed by atoms with Crippen LogP contribution in [0.3, 0.4) is 0 Å². The van der Waals surface area contributed by atoms with Gasteiger partial charge in [-0.25, -0.2) is 8.78 Å². The van der Waals surface area contributed by atoms with Crippen LogP contribution >= 0.6 is 0 Å². The average molecular weight is 275 g/mol. The Morgan fingerprint density at radius 1 is 0.850 bits per heavy atom. The number of anilines is 1. The summed E-state index contributed by atoms with van der Waals surface area (Å²) in [6.07, 6.45) is 0. The molecular weight excluding hydrogens is 256 g/mol. The molecule has 1 N–H and O–H groups in total. The molecule has 0 fully saturated rings. The average Bonchev–Trinajstić information content (AvgIpc) is 2.39. The molecule has 0 aliphatic carbocycles. The summed E-state index contributed by atoms with van der Waals surface area (Å²) in [6, 6.07) is 8.44. The van der Waals surface area contributed by atoms with Gasteiger partial charge in [-0.1, -0.05) is 18.2 Å². The van der Waals surface area contributed by atoms with Gasteiger partial charge in [0.05, 0.1) is 5.69 Å². The van der Waals surface area contributed by atoms with E-state index in [0.29, 0.717) is 5.56 Å². The van der Waals surface area contributed by atoms with Crippen molar-refractivity contribution in [1.82, 2.24) is 0 Å². The normalized spacial score (nSPS) is 12.3. The number of hydrogen-bond donors (Lipinski definition) is 1. The molecule has 0 heterocycles. The van der Waals surface area contributed by atoms with E-state index in [2.05, 4.69) is 11.4 Å². The molecule has 106 valence electrons. The lowest BCUT2D eigenvalue weighted by molar-refractivity contribution is 0.593. The Morgan fingerprint density at radius 2 is 1.55 bits per heavy atom. The van der Waals surface area contributed by atoms with E-state index in [0.717, 1.165) is 5.56 Å². The largest absolute Gasteiger partial charge is 0.376 e. The molecule has 1 atom stereocenters. The molecule has 3 heteroatoms. The van der Waals surface area contributed by atoms with E-state index in [1.165, 1.54) is 23.3 Å². The minimum Gasteiger partial charge on any atom is -0.376 e. The van der Waals surface area contributed by atoms with Crippen LogP contribution in [0.2, 0.25) is 0 Å². The van der Waals surface area contributed by atoms with Gasteiger partial charge >= 0.3 is 0 Å². The maximum atomic E-state index is 13.8. The third-order valence-electron chi connectivity index (χ3n) is 3.65. The monoisotopic (exact) mass is 275 g/mol. The molecule has 0 saturated carbocycles. The Labute approximate surface area is 118 Å². The standard InChI is InChI=1S/C17H19F2N/c1-10-5-6-14(7-11(10)2)13(4)20-17-9-15(18)12(3)8-16(17)19/h5-9,13,20H,1-4H3. The van der Waals surface area contributed by atoms with Crippen LogP contribution in [-0.2, 0) is 0 Å². The minimum absolute atomic E-state index is 0.0918. The van der Waals surface area contributed by atoms with Crippen molar-refractivity contribution >= 4 is 5.69 Å². The molecule has 0 aliphatic heterocycles. The van der Waals surface area contributed by atoms with Gasteiger partial charge in [0.1, 0.15) is 11.6 Å². The highest BCUT2D eigenvalue weighted by Gasteiger charge is 2.11. The molecule has 0 aromatic heterocycles. The van der Waals surface area contributed by atoms with Crippen LogP contribution in [0.15, 0.2) is 30.3 Å². The van der Waals surface area contributed by atoms with Crippen LogP contribution in [-0.4, -0.2) is 0 Å². The van der Waals surface area contributed by atoms with Gasteiger partial charge in [0.2, 0.25) is 0 Å². The van der Waals surface area contributed by atoms with E-state index in [1.54, 1.807) is 6.92 Å². The van der Waals surface area contributed by atoms with Gasteiger partial charge in [-0.05, 0) is 56.0 Å². The second-order valence-corrected chi connectivity index (χ2v) is 5.29. The first kappa shape index (κ1) is 14.5. The fourth-order valence-electron chi connectivity index (χ4n) is 2.11. The first-order chi connectivity index (χ1) is 9.38. The molecule has 2 aromatic rings. The third kappa shape index (κ3) is 2.98. The molecule has 0 amide bonds. The van der Waals surface area contributed by atoms with Crippen LogP contribution in [0.5, 0.6) is 0 Å². The van der Waals surface area contributed by atoms with Crippen LogP contribution in [0, 0.1) is 32.4 Å². The van der Waals surface area contributed by atoms with Crippen molar-refractivity contribution in [2.45, 2.75) is 33.7 Å². The molecule has 0 saturated heterocycles. The summed E-state index contributed by atoms with van der Waals surface area (Å²) in [5.74, 6) is -0.833. The van der Waals surface area contributed by atoms with Crippen molar-refractivity contribution in [2.75, 3.05) is 5.32 Å². The second kappa shape index (κ2) is 5.61. The van der Waals surface area contributed by atoms with Gasteiger partial charge in [0, 0.05) is 12.1 Å². The Hall–Kier alpha value is -1.90. The van der Waals surface area contributed by atoms with Crippen molar-refractivity contribution in [1.29, 1.82) is 0 Å². The molecular formula is C17H19F2N. The summed E-state index contributed by atoms with van der Waals surface area (Å²) in [4.78, 5) is 0. The van der Waals surface area contributed by atoms with E-state index >= 15 is 0 Å². The van der Waals surface area contributed by atoms with E-state index in [-0.39, 0.29) is 11.7 Å². The molecule has 1 nitrogen and oxygen atoms in total. The number of hydrogen-bond acceptors (Lipinski definition) is 1. The van der Waals surface area contributed by atoms with E-state index in [9.17, 15) is 8.78 Å². The summed E-state index contributed by atoms with van der Waals surface area (Å²) < 4.78 is 27.3. The molecule has 2 rings (SSSR count). The van der Waals surface area contributed by atoms with Crippen molar-refractivity contribution in [3.05, 3.63) is 64.2 Å². The highest BCUT2D eigenvalue weighted by atomic mass is 19.1. The third-order valence-corrected chi connectivity index (χ3v) is 3.65. The predicted octanol–water partition coefficient (Wildman–Crippen LogP) is 5.06. The van der Waals surface area contributed by atoms with Crippen molar-refractivity contribution in [3.63, 3.8) is 0 Å². The molecule has 20 heavy (non-hydrogen) atoms. The van der Waals surface area contributed by atoms with Crippen molar-refractivity contribution < 1.29 is 8.78 Å². The molecule has 0 aliphatic rings. The van der Waals surface area contributed by atoms with E-state index in [4.69, 9.17) is 0 Å². The highest BCUT2D eigenvalue weighted by molar-refractivity contribution is 5.49. The smallest absolute Gasteiger partial charge is 0.146 e. The number of aryl methyl sites for hydroxylation is 3. The first-order valence-electron chi connectivity index (χ1n) is 6.68. The van der Waals surface area contributed by atoms with Crippen molar-refractivity contribution in [3.8, 4) is 0 Å². The van der Waals surface area contributed by atoms with Crippen LogP contribution < -0.4 is 5.32 Å². The van der Waals surface area contributed by atoms with Gasteiger partial charge in [-0.3, -0.25) is 0 Å². The summed E-state index contributed by atoms with van der Waals surface area (Å²) in [6.45, 7) is 7.57. The molecule has 0 bridgehead atoms. The lowest BCUT2D eigenvalue weighted by Gasteiger charge is -2.18. The first-order valence-corrected chi connectivity index (χ1v) is 6.68. The maximum absolute atomic E-state index is 13.8. The molecule has 2 aromatic carbocycles. The molecule has 0 spiro atoms. The van der Waals surface area contributed by atoms with E-state index < -0.39 is 11.6 Å². The zero-order valence-electron chi connectivity index (χ0n) is 12.2. The maximum Gasteiger partial charge on any atom is 0.146 e. The van der Waals surface area contributed by atoms with Gasteiger partial charge in [-0.2, -0.15) is 0 Å². The van der Waals surface area contributed by atoms with Crippen LogP contribution in [0.4, 0.5) is 14.5 Å². The topological polar surface area (TPSA) is 12.0 Å². The number of rotatable bonds is 3. The highest BCUT2D eigenvalue weighted by Crippen LogP contribution is 2.25. The Morgan fingerprint density at radius 3 is 2.20 bits per heavy atom. The van der Waals surface area contributed by atoms with Gasteiger partial charge in [0.25, 0.3) is 0 Å². The van der Waals surface area contributed by atoms with Gasteiger partial charge < -0.3 is 5.32 Å². The fraction of sp³-hybridized carbons (Fsp3) is 0.294. The zero-order chi connectivity index (χ0) is 14.9. The van der Waals surface area contributed by atoms with Gasteiger partial charge in [0.15, 0.2) is 0 Å². The molecule has 0 radical (unpaired) electrons. The summed E-state index contributed by atoms with van der Waals surface area (Å²) in [7, 11) is 0. The van der Waals surface area contributed by atoms with Crippen molar-refractivity contribution in [2.24, 2.45) is 0 Å². The Bertz CT molecular complexity index is 635. The Balaban J connectivity index is 2.25. The quantitative estimate of drug-likeness (QED) is 0.825. The zero-order valence-corrected chi connectivity index (χ0v) is 12.2. The summed E-state index contributed by atoms with van der Waals surface area (Å²) >= 11 is 0. The summed E-state index contributed by atoms with van der Waals surface area (Å²) in [5, 5.41) is 3.03. The van der Waals surface area contributed by atoms with Crippen LogP contribution in [0.25, 0.3) is 0 Å². The predicted molar refractivity (Wildman–Crippen MR) is 79.0 cm³/mol. The minimum atomic E-state index is -0.431. The number of benzene rings is 2. The number of halogens is 2. The molecule has 1 unspecified atom stereocenters. The fourth-order valence-corrected chi connectivity index (χ4v) is 2.11. The lowest BCUT2D eigenvalue weighted by Crippen LogP contribution is -2.09. The lowest BCUT2D eigenvalue weighted by atomic mass is 10.0. The van der Waals surface area contributed by atoms with E-state index in [1.807, 2.05) is 32.9 Å². The SMILES string of the molecule is Cc1ccc(C(C)Nc2cc(F)c(C)cc2F)cc1C. The van der Waals surface area contributed by atoms with Crippen LogP contribution in [0.1, 0.15) is 35.2 Å². The summed E-state index contributed by atoms with van der Waals surface area (Å²) in [5.41, 5.74) is 3.96. The van der Waals surface area contributed by atoms with Gasteiger partial charge in [-0.15, -0.1) is 0 Å². The second-order valence-electron chi connectivity index (χ2n) is 5.29.